The molecule has 0 spiro atoms. The molecule has 0 aromatic heterocycles. The van der Waals surface area contributed by atoms with Crippen molar-refractivity contribution in [3.63, 3.8) is 0 Å². The molecule has 132 valence electrons. The molecule has 3 fully saturated rings. The van der Waals surface area contributed by atoms with Crippen LogP contribution in [0.25, 0.3) is 0 Å². The minimum atomic E-state index is 0.110. The molecule has 0 bridgehead atoms. The SMILES string of the molecule is C[C@H](CO)[C@H]1CC[C@H]2[C@@H]3CCC4=CC(=O)C=C[C@]4(C)[C@H]3CC[C@]12C. The van der Waals surface area contributed by atoms with E-state index in [-0.39, 0.29) is 11.2 Å². The minimum Gasteiger partial charge on any atom is -0.396 e. The molecule has 0 aromatic carbocycles. The van der Waals surface area contributed by atoms with Crippen LogP contribution in [0.4, 0.5) is 0 Å². The van der Waals surface area contributed by atoms with Crippen LogP contribution in [-0.4, -0.2) is 17.5 Å². The van der Waals surface area contributed by atoms with Crippen LogP contribution in [0.15, 0.2) is 23.8 Å². The average molecular weight is 328 g/mol. The number of rotatable bonds is 2. The van der Waals surface area contributed by atoms with Crippen molar-refractivity contribution in [3.8, 4) is 0 Å². The Kier molecular flexibility index (Phi) is 3.84. The van der Waals surface area contributed by atoms with E-state index in [1.54, 1.807) is 0 Å². The predicted molar refractivity (Wildman–Crippen MR) is 96.4 cm³/mol. The summed E-state index contributed by atoms with van der Waals surface area (Å²) in [6.45, 7) is 7.47. The Morgan fingerprint density at radius 2 is 2.00 bits per heavy atom. The normalized spacial score (nSPS) is 48.3. The lowest BCUT2D eigenvalue weighted by Gasteiger charge is -2.57. The summed E-state index contributed by atoms with van der Waals surface area (Å²) in [6.07, 6.45) is 13.5. The van der Waals surface area contributed by atoms with Crippen LogP contribution in [0, 0.1) is 40.4 Å². The van der Waals surface area contributed by atoms with Crippen molar-refractivity contribution in [2.24, 2.45) is 40.4 Å². The summed E-state index contributed by atoms with van der Waals surface area (Å²) in [6, 6.07) is 0. The molecule has 0 aliphatic heterocycles. The lowest BCUT2D eigenvalue weighted by atomic mass is 9.47. The van der Waals surface area contributed by atoms with Crippen molar-refractivity contribution < 1.29 is 9.90 Å². The maximum absolute atomic E-state index is 11.8. The number of aliphatic hydroxyl groups is 1. The van der Waals surface area contributed by atoms with Crippen molar-refractivity contribution in [2.75, 3.05) is 6.61 Å². The first-order valence-electron chi connectivity index (χ1n) is 9.95. The fraction of sp³-hybridized carbons (Fsp3) is 0.773. The van der Waals surface area contributed by atoms with E-state index in [0.717, 1.165) is 18.3 Å². The van der Waals surface area contributed by atoms with Crippen LogP contribution in [0.1, 0.15) is 59.3 Å². The topological polar surface area (TPSA) is 37.3 Å². The number of hydrogen-bond acceptors (Lipinski definition) is 2. The van der Waals surface area contributed by atoms with Gasteiger partial charge in [0, 0.05) is 12.0 Å². The smallest absolute Gasteiger partial charge is 0.178 e. The third-order valence-electron chi connectivity index (χ3n) is 8.60. The van der Waals surface area contributed by atoms with E-state index in [1.165, 1.54) is 37.7 Å². The van der Waals surface area contributed by atoms with Gasteiger partial charge in [0.05, 0.1) is 0 Å². The Morgan fingerprint density at radius 3 is 2.75 bits per heavy atom. The first-order valence-corrected chi connectivity index (χ1v) is 9.95. The Morgan fingerprint density at radius 1 is 1.21 bits per heavy atom. The van der Waals surface area contributed by atoms with E-state index in [1.807, 2.05) is 12.2 Å². The summed E-state index contributed by atoms with van der Waals surface area (Å²) in [5, 5.41) is 9.70. The van der Waals surface area contributed by atoms with Gasteiger partial charge in [-0.05, 0) is 85.7 Å². The van der Waals surface area contributed by atoms with Gasteiger partial charge in [0.25, 0.3) is 0 Å². The molecule has 0 unspecified atom stereocenters. The molecule has 4 rings (SSSR count). The number of carbonyl (C=O) groups is 1. The fourth-order valence-electron chi connectivity index (χ4n) is 7.30. The zero-order valence-electron chi connectivity index (χ0n) is 15.4. The molecule has 4 aliphatic rings. The van der Waals surface area contributed by atoms with E-state index in [0.29, 0.717) is 29.8 Å². The summed E-state index contributed by atoms with van der Waals surface area (Å²) in [4.78, 5) is 11.8. The predicted octanol–water partition coefficient (Wildman–Crippen LogP) is 4.54. The number of hydrogen-bond donors (Lipinski definition) is 1. The van der Waals surface area contributed by atoms with Gasteiger partial charge in [-0.25, -0.2) is 0 Å². The number of fused-ring (bicyclic) bond motifs is 5. The number of aliphatic hydroxyl groups excluding tert-OH is 1. The Hall–Kier alpha value is -0.890. The van der Waals surface area contributed by atoms with Crippen LogP contribution >= 0.6 is 0 Å². The van der Waals surface area contributed by atoms with Gasteiger partial charge < -0.3 is 5.11 Å². The molecule has 2 heteroatoms. The van der Waals surface area contributed by atoms with Gasteiger partial charge in [-0.2, -0.15) is 0 Å². The van der Waals surface area contributed by atoms with Crippen LogP contribution in [0.5, 0.6) is 0 Å². The van der Waals surface area contributed by atoms with E-state index in [2.05, 4.69) is 26.8 Å². The van der Waals surface area contributed by atoms with Crippen molar-refractivity contribution in [1.82, 2.24) is 0 Å². The largest absolute Gasteiger partial charge is 0.396 e. The molecule has 2 nitrogen and oxygen atoms in total. The van der Waals surface area contributed by atoms with Crippen molar-refractivity contribution in [1.29, 1.82) is 0 Å². The van der Waals surface area contributed by atoms with E-state index < -0.39 is 0 Å². The van der Waals surface area contributed by atoms with Gasteiger partial charge >= 0.3 is 0 Å². The second-order valence-electron chi connectivity index (χ2n) is 9.49. The second kappa shape index (κ2) is 5.56. The quantitative estimate of drug-likeness (QED) is 0.808. The highest BCUT2D eigenvalue weighted by Gasteiger charge is 2.58. The van der Waals surface area contributed by atoms with Gasteiger partial charge in [0.1, 0.15) is 0 Å². The summed E-state index contributed by atoms with van der Waals surface area (Å²) in [7, 11) is 0. The molecule has 3 saturated carbocycles. The third kappa shape index (κ3) is 2.14. The number of ketones is 1. The molecule has 24 heavy (non-hydrogen) atoms. The molecule has 7 atom stereocenters. The fourth-order valence-corrected chi connectivity index (χ4v) is 7.30. The van der Waals surface area contributed by atoms with Crippen LogP contribution in [0.3, 0.4) is 0 Å². The molecular formula is C22H32O2. The zero-order valence-corrected chi connectivity index (χ0v) is 15.4. The van der Waals surface area contributed by atoms with Gasteiger partial charge in [0.15, 0.2) is 5.78 Å². The summed E-state index contributed by atoms with van der Waals surface area (Å²) in [5.41, 5.74) is 1.91. The van der Waals surface area contributed by atoms with Gasteiger partial charge in [-0.15, -0.1) is 0 Å². The summed E-state index contributed by atoms with van der Waals surface area (Å²) in [5.74, 6) is 3.58. The van der Waals surface area contributed by atoms with E-state index in [4.69, 9.17) is 0 Å². The highest BCUT2D eigenvalue weighted by molar-refractivity contribution is 6.01. The summed E-state index contributed by atoms with van der Waals surface area (Å²) < 4.78 is 0. The van der Waals surface area contributed by atoms with E-state index >= 15 is 0 Å². The number of allylic oxidation sites excluding steroid dienone is 4. The lowest BCUT2D eigenvalue weighted by Crippen LogP contribution is -2.50. The molecule has 0 heterocycles. The first kappa shape index (κ1) is 16.6. The Bertz CT molecular complexity index is 603. The third-order valence-corrected chi connectivity index (χ3v) is 8.60. The van der Waals surface area contributed by atoms with Crippen LogP contribution in [0.2, 0.25) is 0 Å². The molecule has 0 saturated heterocycles. The van der Waals surface area contributed by atoms with Crippen LogP contribution in [-0.2, 0) is 4.79 Å². The van der Waals surface area contributed by atoms with Gasteiger partial charge in [0.2, 0.25) is 0 Å². The van der Waals surface area contributed by atoms with Crippen molar-refractivity contribution in [3.05, 3.63) is 23.8 Å². The molecule has 0 aromatic rings. The molecular weight excluding hydrogens is 296 g/mol. The molecule has 1 N–H and O–H groups in total. The average Bonchev–Trinajstić information content (AvgIpc) is 2.92. The highest BCUT2D eigenvalue weighted by atomic mass is 16.3. The van der Waals surface area contributed by atoms with Gasteiger partial charge in [-0.3, -0.25) is 4.79 Å². The molecule has 0 amide bonds. The lowest BCUT2D eigenvalue weighted by molar-refractivity contribution is -0.111. The van der Waals surface area contributed by atoms with Crippen molar-refractivity contribution >= 4 is 5.78 Å². The second-order valence-corrected chi connectivity index (χ2v) is 9.49. The standard InChI is InChI=1S/C22H32O2/c1-14(13-23)18-6-7-19-17-5-4-15-12-16(24)8-10-21(15,2)20(17)9-11-22(18,19)3/h8,10,12,14,17-20,23H,4-7,9,11,13H2,1-3H3/t14-,17+,18-,19+,20+,21+,22-/m1/s1. The molecule has 0 radical (unpaired) electrons. The van der Waals surface area contributed by atoms with Gasteiger partial charge in [-0.1, -0.05) is 32.4 Å². The zero-order chi connectivity index (χ0) is 17.1. The maximum Gasteiger partial charge on any atom is 0.178 e. The highest BCUT2D eigenvalue weighted by Crippen LogP contribution is 2.66. The molecule has 4 aliphatic carbocycles. The maximum atomic E-state index is 11.8. The minimum absolute atomic E-state index is 0.110. The van der Waals surface area contributed by atoms with Crippen molar-refractivity contribution in [2.45, 2.75) is 59.3 Å². The monoisotopic (exact) mass is 328 g/mol. The van der Waals surface area contributed by atoms with E-state index in [9.17, 15) is 9.90 Å². The Balaban J connectivity index is 1.65. The Labute approximate surface area is 146 Å². The number of carbonyl (C=O) groups excluding carboxylic acids is 1. The first-order chi connectivity index (χ1) is 11.4. The van der Waals surface area contributed by atoms with Crippen LogP contribution < -0.4 is 0 Å². The summed E-state index contributed by atoms with van der Waals surface area (Å²) >= 11 is 0.